The molecule has 116 valence electrons. The minimum Gasteiger partial charge on any atom is -0.303 e. The zero-order chi connectivity index (χ0) is 15.4. The van der Waals surface area contributed by atoms with Crippen LogP contribution in [0.2, 0.25) is 0 Å². The number of benzene rings is 1. The molecule has 0 aliphatic carbocycles. The fourth-order valence-electron chi connectivity index (χ4n) is 2.97. The van der Waals surface area contributed by atoms with E-state index >= 15 is 0 Å². The van der Waals surface area contributed by atoms with E-state index in [1.807, 2.05) is 0 Å². The molecule has 1 aromatic heterocycles. The lowest BCUT2D eigenvalue weighted by molar-refractivity contribution is 0.231. The molecule has 0 unspecified atom stereocenters. The van der Waals surface area contributed by atoms with Crippen molar-refractivity contribution in [3.63, 3.8) is 0 Å². The quantitative estimate of drug-likeness (QED) is 0.870. The van der Waals surface area contributed by atoms with Gasteiger partial charge in [-0.15, -0.1) is 0 Å². The number of nitrogens with zero attached hydrogens (tertiary/aromatic N) is 3. The standard InChI is InChI=1S/C18H23N3O/c1-20-18(22)10-9-17(19-20)16-7-5-15(6-8-16)11-14-21-12-3-2-4-13-21/h5-10H,2-4,11-14H2,1H3. The van der Waals surface area contributed by atoms with Crippen LogP contribution in [0.5, 0.6) is 0 Å². The third-order valence-corrected chi connectivity index (χ3v) is 4.38. The summed E-state index contributed by atoms with van der Waals surface area (Å²) < 4.78 is 1.37. The first kappa shape index (κ1) is 15.0. The van der Waals surface area contributed by atoms with E-state index in [4.69, 9.17) is 0 Å². The summed E-state index contributed by atoms with van der Waals surface area (Å²) in [7, 11) is 1.68. The van der Waals surface area contributed by atoms with Crippen LogP contribution < -0.4 is 5.56 Å². The molecule has 0 bridgehead atoms. The lowest BCUT2D eigenvalue weighted by Crippen LogP contribution is -2.31. The van der Waals surface area contributed by atoms with Crippen LogP contribution >= 0.6 is 0 Å². The molecule has 4 heteroatoms. The maximum absolute atomic E-state index is 11.4. The van der Waals surface area contributed by atoms with E-state index in [1.165, 1.54) is 42.6 Å². The van der Waals surface area contributed by atoms with Crippen LogP contribution in [0.4, 0.5) is 0 Å². The Morgan fingerprint density at radius 3 is 2.41 bits per heavy atom. The van der Waals surface area contributed by atoms with Gasteiger partial charge in [-0.05, 0) is 44.0 Å². The lowest BCUT2D eigenvalue weighted by Gasteiger charge is -2.26. The van der Waals surface area contributed by atoms with Gasteiger partial charge < -0.3 is 4.90 Å². The van der Waals surface area contributed by atoms with E-state index < -0.39 is 0 Å². The normalized spacial score (nSPS) is 15.9. The van der Waals surface area contributed by atoms with Crippen molar-refractivity contribution in [2.75, 3.05) is 19.6 Å². The van der Waals surface area contributed by atoms with Crippen LogP contribution in [0.1, 0.15) is 24.8 Å². The zero-order valence-electron chi connectivity index (χ0n) is 13.2. The highest BCUT2D eigenvalue weighted by Gasteiger charge is 2.09. The van der Waals surface area contributed by atoms with Crippen molar-refractivity contribution < 1.29 is 0 Å². The van der Waals surface area contributed by atoms with E-state index in [2.05, 4.69) is 34.3 Å². The highest BCUT2D eigenvalue weighted by molar-refractivity contribution is 5.58. The first-order valence-corrected chi connectivity index (χ1v) is 8.08. The topological polar surface area (TPSA) is 38.1 Å². The van der Waals surface area contributed by atoms with Gasteiger partial charge >= 0.3 is 0 Å². The molecule has 2 aromatic rings. The molecule has 1 aliphatic rings. The predicted octanol–water partition coefficient (Wildman–Crippen LogP) is 2.48. The molecule has 0 saturated carbocycles. The molecule has 1 aromatic carbocycles. The number of aryl methyl sites for hydroxylation is 1. The average Bonchev–Trinajstić information content (AvgIpc) is 2.57. The van der Waals surface area contributed by atoms with E-state index in [0.29, 0.717) is 0 Å². The van der Waals surface area contributed by atoms with Crippen molar-refractivity contribution in [3.8, 4) is 11.3 Å². The Morgan fingerprint density at radius 1 is 1.00 bits per heavy atom. The first-order chi connectivity index (χ1) is 10.7. The molecule has 2 heterocycles. The van der Waals surface area contributed by atoms with Gasteiger partial charge in [0.2, 0.25) is 0 Å². The van der Waals surface area contributed by atoms with Crippen LogP contribution in [0.25, 0.3) is 11.3 Å². The summed E-state index contributed by atoms with van der Waals surface area (Å²) in [4.78, 5) is 13.9. The highest BCUT2D eigenvalue weighted by Crippen LogP contribution is 2.17. The largest absolute Gasteiger partial charge is 0.303 e. The smallest absolute Gasteiger partial charge is 0.266 e. The van der Waals surface area contributed by atoms with Crippen molar-refractivity contribution in [3.05, 3.63) is 52.3 Å². The van der Waals surface area contributed by atoms with Gasteiger partial charge in [-0.3, -0.25) is 4.79 Å². The van der Waals surface area contributed by atoms with Gasteiger partial charge in [0.15, 0.2) is 0 Å². The number of likely N-dealkylation sites (tertiary alicyclic amines) is 1. The fourth-order valence-corrected chi connectivity index (χ4v) is 2.97. The predicted molar refractivity (Wildman–Crippen MR) is 88.9 cm³/mol. The SMILES string of the molecule is Cn1nc(-c2ccc(CCN3CCCCC3)cc2)ccc1=O. The molecule has 0 spiro atoms. The van der Waals surface area contributed by atoms with Crippen LogP contribution in [-0.4, -0.2) is 34.3 Å². The number of rotatable bonds is 4. The van der Waals surface area contributed by atoms with Crippen molar-refractivity contribution in [2.24, 2.45) is 7.05 Å². The summed E-state index contributed by atoms with van der Waals surface area (Å²) in [5.41, 5.74) is 3.17. The first-order valence-electron chi connectivity index (χ1n) is 8.08. The average molecular weight is 297 g/mol. The van der Waals surface area contributed by atoms with Crippen LogP contribution in [0.15, 0.2) is 41.2 Å². The maximum Gasteiger partial charge on any atom is 0.266 e. The molecule has 0 amide bonds. The van der Waals surface area contributed by atoms with Gasteiger partial charge in [0.1, 0.15) is 0 Å². The molecule has 4 nitrogen and oxygen atoms in total. The van der Waals surface area contributed by atoms with E-state index in [1.54, 1.807) is 19.2 Å². The molecule has 22 heavy (non-hydrogen) atoms. The van der Waals surface area contributed by atoms with Crippen molar-refractivity contribution in [1.82, 2.24) is 14.7 Å². The molecule has 1 aliphatic heterocycles. The summed E-state index contributed by atoms with van der Waals surface area (Å²) in [5, 5.41) is 4.29. The van der Waals surface area contributed by atoms with Gasteiger partial charge in [0.05, 0.1) is 5.69 Å². The summed E-state index contributed by atoms with van der Waals surface area (Å²) in [6.45, 7) is 3.65. The van der Waals surface area contributed by atoms with Crippen molar-refractivity contribution in [1.29, 1.82) is 0 Å². The molecule has 0 radical (unpaired) electrons. The number of aromatic nitrogens is 2. The van der Waals surface area contributed by atoms with Crippen LogP contribution in [0.3, 0.4) is 0 Å². The second kappa shape index (κ2) is 6.88. The zero-order valence-corrected chi connectivity index (χ0v) is 13.2. The Balaban J connectivity index is 1.64. The lowest BCUT2D eigenvalue weighted by atomic mass is 10.1. The van der Waals surface area contributed by atoms with Crippen LogP contribution in [-0.2, 0) is 13.5 Å². The molecule has 0 atom stereocenters. The van der Waals surface area contributed by atoms with E-state index in [0.717, 1.165) is 24.2 Å². The van der Waals surface area contributed by atoms with Gasteiger partial charge in [0.25, 0.3) is 5.56 Å². The minimum atomic E-state index is -0.0816. The summed E-state index contributed by atoms with van der Waals surface area (Å²) in [5.74, 6) is 0. The molecular weight excluding hydrogens is 274 g/mol. The molecule has 0 N–H and O–H groups in total. The van der Waals surface area contributed by atoms with Crippen molar-refractivity contribution >= 4 is 0 Å². The second-order valence-corrected chi connectivity index (χ2v) is 6.03. The molecular formula is C18H23N3O. The number of hydrogen-bond donors (Lipinski definition) is 0. The molecule has 1 fully saturated rings. The van der Waals surface area contributed by atoms with Crippen LogP contribution in [0, 0.1) is 0 Å². The van der Waals surface area contributed by atoms with E-state index in [-0.39, 0.29) is 5.56 Å². The summed E-state index contributed by atoms with van der Waals surface area (Å²) >= 11 is 0. The Kier molecular flexibility index (Phi) is 4.68. The highest BCUT2D eigenvalue weighted by atomic mass is 16.1. The second-order valence-electron chi connectivity index (χ2n) is 6.03. The Morgan fingerprint density at radius 2 is 1.73 bits per heavy atom. The number of hydrogen-bond acceptors (Lipinski definition) is 3. The van der Waals surface area contributed by atoms with E-state index in [9.17, 15) is 4.79 Å². The minimum absolute atomic E-state index is 0.0816. The van der Waals surface area contributed by atoms with Crippen molar-refractivity contribution in [2.45, 2.75) is 25.7 Å². The molecule has 1 saturated heterocycles. The fraction of sp³-hybridized carbons (Fsp3) is 0.444. The Bertz CT molecular complexity index is 669. The summed E-state index contributed by atoms with van der Waals surface area (Å²) in [6, 6.07) is 11.9. The summed E-state index contributed by atoms with van der Waals surface area (Å²) in [6.07, 6.45) is 5.17. The van der Waals surface area contributed by atoms with Gasteiger partial charge in [-0.1, -0.05) is 30.7 Å². The number of piperidine rings is 1. The molecule has 3 rings (SSSR count). The van der Waals surface area contributed by atoms with Gasteiger partial charge in [-0.2, -0.15) is 5.10 Å². The Labute approximate surface area is 131 Å². The monoisotopic (exact) mass is 297 g/mol. The van der Waals surface area contributed by atoms with Gasteiger partial charge in [-0.25, -0.2) is 4.68 Å². The Hall–Kier alpha value is -1.94. The third kappa shape index (κ3) is 3.63. The van der Waals surface area contributed by atoms with Gasteiger partial charge in [0, 0.05) is 25.2 Å². The maximum atomic E-state index is 11.4. The third-order valence-electron chi connectivity index (χ3n) is 4.38.